The Hall–Kier alpha value is -4.69. The van der Waals surface area contributed by atoms with Crippen LogP contribution in [0.2, 0.25) is 0 Å². The van der Waals surface area contributed by atoms with Gasteiger partial charge in [-0.3, -0.25) is 19.6 Å². The van der Waals surface area contributed by atoms with Gasteiger partial charge in [-0.1, -0.05) is 6.08 Å². The Bertz CT molecular complexity index is 1680. The van der Waals surface area contributed by atoms with E-state index in [0.717, 1.165) is 6.92 Å². The van der Waals surface area contributed by atoms with Gasteiger partial charge in [0.1, 0.15) is 30.3 Å². The molecule has 3 heterocycles. The average Bonchev–Trinajstić information content (AvgIpc) is 3.27. The molecule has 268 valence electrons. The van der Waals surface area contributed by atoms with Crippen molar-refractivity contribution in [3.05, 3.63) is 71.8 Å². The monoisotopic (exact) mass is 694 g/mol. The maximum absolute atomic E-state index is 14.0. The number of nitrogens with zero attached hydrogens (tertiary/aromatic N) is 2. The number of carbonyl (C=O) groups is 5. The summed E-state index contributed by atoms with van der Waals surface area (Å²) in [5.74, 6) is -5.15. The summed E-state index contributed by atoms with van der Waals surface area (Å²) in [6.45, 7) is 9.63. The molecule has 5 rings (SSSR count). The quantitative estimate of drug-likeness (QED) is 0.229. The number of ether oxygens (including phenoxy) is 6. The Morgan fingerprint density at radius 2 is 1.48 bits per heavy atom. The molecule has 3 fully saturated rings. The topological polar surface area (TPSA) is 187 Å². The molecule has 50 heavy (non-hydrogen) atoms. The van der Waals surface area contributed by atoms with Crippen LogP contribution in [0, 0.1) is 11.3 Å². The summed E-state index contributed by atoms with van der Waals surface area (Å²) in [5.41, 5.74) is -7.12. The standard InChI is InChI=1S/C36H42N2O12/c1-8-20(2)30(41)47-25-13-14-34(7,44)36-28(46-22(4)40)26(33(5,6)50-36)27(48-31(42)23-11-9-15-37-17-23)29(35(25,36)19-45-21(3)39)49-32(43)24-12-10-16-38-18-24/h8-12,15-18,25-29,44H,13-14,19H2,1-7H3/b20-8+/t25-,26+,27+,28+,29+,34-,35-,36-/m0/s1. The van der Waals surface area contributed by atoms with E-state index < -0.39 is 89.0 Å². The molecule has 1 N–H and O–H groups in total. The van der Waals surface area contributed by atoms with E-state index in [4.69, 9.17) is 28.4 Å². The Morgan fingerprint density at radius 3 is 2.00 bits per heavy atom. The number of aliphatic hydroxyl groups is 1. The first-order chi connectivity index (χ1) is 23.5. The third-order valence-electron chi connectivity index (χ3n) is 10.2. The van der Waals surface area contributed by atoms with Gasteiger partial charge in [0.2, 0.25) is 0 Å². The van der Waals surface area contributed by atoms with E-state index in [1.165, 1.54) is 62.9 Å². The molecule has 2 bridgehead atoms. The number of hydrogen-bond acceptors (Lipinski definition) is 14. The molecule has 0 aromatic carbocycles. The van der Waals surface area contributed by atoms with Crippen LogP contribution < -0.4 is 0 Å². The Labute approximate surface area is 289 Å². The fourth-order valence-electron chi connectivity index (χ4n) is 7.97. The zero-order chi connectivity index (χ0) is 36.6. The van der Waals surface area contributed by atoms with Crippen molar-refractivity contribution in [1.82, 2.24) is 9.97 Å². The Kier molecular flexibility index (Phi) is 9.92. The maximum Gasteiger partial charge on any atom is 0.340 e. The van der Waals surface area contributed by atoms with Crippen LogP contribution in [0.1, 0.15) is 82.0 Å². The number of hydrogen-bond donors (Lipinski definition) is 1. The van der Waals surface area contributed by atoms with E-state index in [1.54, 1.807) is 33.8 Å². The molecule has 14 nitrogen and oxygen atoms in total. The molecule has 0 radical (unpaired) electrons. The summed E-state index contributed by atoms with van der Waals surface area (Å²) in [6.07, 6.45) is 1.04. The van der Waals surface area contributed by atoms with Crippen LogP contribution >= 0.6 is 0 Å². The van der Waals surface area contributed by atoms with Crippen molar-refractivity contribution < 1.29 is 57.5 Å². The number of fused-ring (bicyclic) bond motifs is 1. The molecule has 0 unspecified atom stereocenters. The molecule has 14 heteroatoms. The van der Waals surface area contributed by atoms with Crippen molar-refractivity contribution in [2.75, 3.05) is 6.61 Å². The number of esters is 5. The molecule has 2 aromatic heterocycles. The van der Waals surface area contributed by atoms with Crippen molar-refractivity contribution in [3.8, 4) is 0 Å². The molecule has 2 saturated carbocycles. The van der Waals surface area contributed by atoms with E-state index in [1.807, 2.05) is 0 Å². The van der Waals surface area contributed by atoms with Gasteiger partial charge in [-0.2, -0.15) is 0 Å². The van der Waals surface area contributed by atoms with Crippen molar-refractivity contribution in [2.24, 2.45) is 11.3 Å². The summed E-state index contributed by atoms with van der Waals surface area (Å²) >= 11 is 0. The van der Waals surface area contributed by atoms with E-state index in [2.05, 4.69) is 9.97 Å². The molecular weight excluding hydrogens is 652 g/mol. The predicted molar refractivity (Wildman–Crippen MR) is 172 cm³/mol. The molecule has 1 spiro atoms. The maximum atomic E-state index is 14.0. The van der Waals surface area contributed by atoms with Gasteiger partial charge in [-0.05, 0) is 71.7 Å². The summed E-state index contributed by atoms with van der Waals surface area (Å²) in [7, 11) is 0. The van der Waals surface area contributed by atoms with E-state index in [9.17, 15) is 29.1 Å². The smallest absolute Gasteiger partial charge is 0.340 e. The van der Waals surface area contributed by atoms with Gasteiger partial charge < -0.3 is 33.5 Å². The number of pyridine rings is 2. The fraction of sp³-hybridized carbons (Fsp3) is 0.528. The van der Waals surface area contributed by atoms with Crippen LogP contribution in [0.3, 0.4) is 0 Å². The summed E-state index contributed by atoms with van der Waals surface area (Å²) in [5, 5.41) is 12.5. The van der Waals surface area contributed by atoms with Crippen molar-refractivity contribution in [3.63, 3.8) is 0 Å². The largest absolute Gasteiger partial charge is 0.465 e. The molecular formula is C36H42N2O12. The fourth-order valence-corrected chi connectivity index (χ4v) is 7.97. The van der Waals surface area contributed by atoms with Crippen LogP contribution in [-0.2, 0) is 42.8 Å². The lowest BCUT2D eigenvalue weighted by Gasteiger charge is -2.65. The molecule has 1 aliphatic heterocycles. The third-order valence-corrected chi connectivity index (χ3v) is 10.2. The molecule has 0 amide bonds. The highest BCUT2D eigenvalue weighted by Gasteiger charge is 2.87. The lowest BCUT2D eigenvalue weighted by atomic mass is 9.46. The number of allylic oxidation sites excluding steroid dienone is 1. The van der Waals surface area contributed by atoms with Crippen LogP contribution in [0.25, 0.3) is 0 Å². The van der Waals surface area contributed by atoms with Gasteiger partial charge in [-0.15, -0.1) is 0 Å². The minimum atomic E-state index is -2.08. The zero-order valence-corrected chi connectivity index (χ0v) is 29.0. The van der Waals surface area contributed by atoms with E-state index in [0.29, 0.717) is 0 Å². The highest BCUT2D eigenvalue weighted by Crippen LogP contribution is 2.69. The van der Waals surface area contributed by atoms with Gasteiger partial charge in [0.05, 0.1) is 28.2 Å². The summed E-state index contributed by atoms with van der Waals surface area (Å²) in [4.78, 5) is 75.1. The minimum Gasteiger partial charge on any atom is -0.465 e. The van der Waals surface area contributed by atoms with Gasteiger partial charge in [-0.25, -0.2) is 14.4 Å². The minimum absolute atomic E-state index is 0.0250. The lowest BCUT2D eigenvalue weighted by molar-refractivity contribution is -0.348. The molecule has 3 aliphatic rings. The molecule has 2 aliphatic carbocycles. The number of carbonyl (C=O) groups excluding carboxylic acids is 5. The van der Waals surface area contributed by atoms with Crippen LogP contribution in [0.4, 0.5) is 0 Å². The number of aromatic nitrogens is 2. The molecule has 8 atom stereocenters. The Balaban J connectivity index is 1.85. The lowest BCUT2D eigenvalue weighted by Crippen LogP contribution is -2.83. The normalized spacial score (nSPS) is 32.6. The second-order valence-electron chi connectivity index (χ2n) is 13.7. The SMILES string of the molecule is C/C=C(\C)C(=O)O[C@H]1CC[C@](C)(O)[C@]23OC(C)(C)[C@H]([C@@H](OC(=O)c4cccnc4)[C@@H](OC(=O)c4cccnc4)[C@]12COC(C)=O)[C@H]3OC(C)=O. The summed E-state index contributed by atoms with van der Waals surface area (Å²) < 4.78 is 37.5. The van der Waals surface area contributed by atoms with Gasteiger partial charge in [0.15, 0.2) is 11.7 Å². The Morgan fingerprint density at radius 1 is 0.880 bits per heavy atom. The second kappa shape index (κ2) is 13.6. The first-order valence-electron chi connectivity index (χ1n) is 16.3. The van der Waals surface area contributed by atoms with Crippen molar-refractivity contribution >= 4 is 29.8 Å². The van der Waals surface area contributed by atoms with E-state index >= 15 is 0 Å². The third kappa shape index (κ3) is 6.04. The molecule has 2 aromatic rings. The zero-order valence-electron chi connectivity index (χ0n) is 29.0. The highest BCUT2D eigenvalue weighted by atomic mass is 16.6. The highest BCUT2D eigenvalue weighted by molar-refractivity contribution is 5.90. The van der Waals surface area contributed by atoms with Crippen LogP contribution in [0.15, 0.2) is 60.7 Å². The first-order valence-corrected chi connectivity index (χ1v) is 16.3. The number of rotatable bonds is 9. The summed E-state index contributed by atoms with van der Waals surface area (Å²) in [6, 6.07) is 6.00. The first kappa shape index (κ1) is 36.6. The van der Waals surface area contributed by atoms with Crippen LogP contribution in [-0.4, -0.2) is 92.7 Å². The second-order valence-corrected chi connectivity index (χ2v) is 13.7. The van der Waals surface area contributed by atoms with Crippen LogP contribution in [0.5, 0.6) is 0 Å². The van der Waals surface area contributed by atoms with Gasteiger partial charge in [0, 0.05) is 44.2 Å². The molecule has 1 saturated heterocycles. The predicted octanol–water partition coefficient (Wildman–Crippen LogP) is 3.31. The van der Waals surface area contributed by atoms with Crippen molar-refractivity contribution in [2.45, 2.75) is 103 Å². The van der Waals surface area contributed by atoms with Gasteiger partial charge in [0.25, 0.3) is 0 Å². The average molecular weight is 695 g/mol. The van der Waals surface area contributed by atoms with Crippen molar-refractivity contribution in [1.29, 1.82) is 0 Å². The van der Waals surface area contributed by atoms with Gasteiger partial charge >= 0.3 is 29.8 Å². The van der Waals surface area contributed by atoms with E-state index in [-0.39, 0.29) is 29.5 Å².